The topological polar surface area (TPSA) is 77.6 Å². The van der Waals surface area contributed by atoms with Gasteiger partial charge >= 0.3 is 0 Å². The van der Waals surface area contributed by atoms with Crippen LogP contribution in [-0.4, -0.2) is 36.2 Å². The van der Waals surface area contributed by atoms with Crippen LogP contribution in [0.3, 0.4) is 0 Å². The van der Waals surface area contributed by atoms with Crippen LogP contribution in [0.1, 0.15) is 31.7 Å². The van der Waals surface area contributed by atoms with E-state index in [1.54, 1.807) is 17.1 Å². The summed E-state index contributed by atoms with van der Waals surface area (Å²) in [4.78, 5) is 12.1. The fourth-order valence-corrected chi connectivity index (χ4v) is 3.25. The monoisotopic (exact) mass is 306 g/mol. The molecule has 1 aliphatic rings. The Labute approximate surface area is 127 Å². The second-order valence-corrected chi connectivity index (χ2v) is 6.10. The molecule has 0 unspecified atom stereocenters. The van der Waals surface area contributed by atoms with Gasteiger partial charge in [0.2, 0.25) is 5.91 Å². The smallest absolute Gasteiger partial charge is 0.235 e. The van der Waals surface area contributed by atoms with E-state index < -0.39 is 0 Å². The summed E-state index contributed by atoms with van der Waals surface area (Å²) < 4.78 is 3.73. The molecule has 0 aliphatic heterocycles. The number of amides is 1. The molecule has 0 saturated heterocycles. The molecule has 1 N–H and O–H groups in total. The molecule has 1 saturated carbocycles. The first kappa shape index (κ1) is 14.1. The van der Waals surface area contributed by atoms with Crippen LogP contribution in [0, 0.1) is 0 Å². The Morgan fingerprint density at radius 3 is 3.00 bits per heavy atom. The number of thioether (sulfide) groups is 1. The highest BCUT2D eigenvalue weighted by Gasteiger charge is 2.20. The van der Waals surface area contributed by atoms with E-state index in [2.05, 4.69) is 20.6 Å². The average molecular weight is 306 g/mol. The van der Waals surface area contributed by atoms with Crippen molar-refractivity contribution < 1.29 is 4.79 Å². The van der Waals surface area contributed by atoms with Gasteiger partial charge in [0.1, 0.15) is 12.1 Å². The molecule has 112 valence electrons. The number of hydrogen-bond acceptors (Lipinski definition) is 5. The fourth-order valence-electron chi connectivity index (χ4n) is 2.57. The summed E-state index contributed by atoms with van der Waals surface area (Å²) in [7, 11) is 1.86. The summed E-state index contributed by atoms with van der Waals surface area (Å²) in [6.45, 7) is 0. The minimum absolute atomic E-state index is 0.0530. The second-order valence-electron chi connectivity index (χ2n) is 5.16. The maximum Gasteiger partial charge on any atom is 0.235 e. The third kappa shape index (κ3) is 3.26. The molecule has 0 spiro atoms. The largest absolute Gasteiger partial charge is 0.312 e. The summed E-state index contributed by atoms with van der Waals surface area (Å²) in [6.07, 6.45) is 8.11. The predicted octanol–water partition coefficient (Wildman–Crippen LogP) is 1.86. The molecular weight excluding hydrogens is 288 g/mol. The van der Waals surface area contributed by atoms with Gasteiger partial charge in [-0.15, -0.1) is 10.2 Å². The normalized spacial score (nSPS) is 15.5. The molecule has 3 rings (SSSR count). The Balaban J connectivity index is 1.57. The van der Waals surface area contributed by atoms with Crippen LogP contribution in [-0.2, 0) is 11.8 Å². The predicted molar refractivity (Wildman–Crippen MR) is 80.1 cm³/mol. The summed E-state index contributed by atoms with van der Waals surface area (Å²) in [5.74, 6) is 1.04. The van der Waals surface area contributed by atoms with Gasteiger partial charge in [-0.3, -0.25) is 4.79 Å². The van der Waals surface area contributed by atoms with Crippen LogP contribution in [0.4, 0.5) is 5.82 Å². The number of nitrogens with zero attached hydrogens (tertiary/aromatic N) is 5. The second kappa shape index (κ2) is 6.30. The third-order valence-corrected chi connectivity index (χ3v) is 4.64. The van der Waals surface area contributed by atoms with E-state index in [0.29, 0.717) is 11.8 Å². The molecule has 1 fully saturated rings. The number of rotatable bonds is 5. The Hall–Kier alpha value is -1.83. The number of aromatic nitrogens is 5. The molecule has 8 heteroatoms. The van der Waals surface area contributed by atoms with E-state index in [4.69, 9.17) is 0 Å². The lowest BCUT2D eigenvalue weighted by Crippen LogP contribution is -2.19. The van der Waals surface area contributed by atoms with Crippen LogP contribution < -0.4 is 5.32 Å². The van der Waals surface area contributed by atoms with Crippen molar-refractivity contribution in [3.8, 4) is 0 Å². The zero-order chi connectivity index (χ0) is 14.7. The van der Waals surface area contributed by atoms with Crippen molar-refractivity contribution in [2.24, 2.45) is 7.05 Å². The van der Waals surface area contributed by atoms with Crippen LogP contribution in [0.2, 0.25) is 0 Å². The van der Waals surface area contributed by atoms with E-state index in [-0.39, 0.29) is 5.91 Å². The van der Waals surface area contributed by atoms with E-state index in [9.17, 15) is 4.79 Å². The number of anilines is 1. The number of hydrogen-bond donors (Lipinski definition) is 1. The maximum absolute atomic E-state index is 12.1. The first-order valence-electron chi connectivity index (χ1n) is 7.04. The van der Waals surface area contributed by atoms with Crippen LogP contribution in [0.15, 0.2) is 23.7 Å². The lowest BCUT2D eigenvalue weighted by Gasteiger charge is -2.14. The van der Waals surface area contributed by atoms with Crippen LogP contribution >= 0.6 is 11.8 Å². The van der Waals surface area contributed by atoms with Gasteiger partial charge in [0.15, 0.2) is 5.16 Å². The molecular formula is C13H18N6OS. The summed E-state index contributed by atoms with van der Waals surface area (Å²) >= 11 is 1.37. The fraction of sp³-hybridized carbons (Fsp3) is 0.538. The van der Waals surface area contributed by atoms with Crippen molar-refractivity contribution in [2.45, 2.75) is 36.9 Å². The highest BCUT2D eigenvalue weighted by atomic mass is 32.2. The van der Waals surface area contributed by atoms with Gasteiger partial charge in [0.25, 0.3) is 0 Å². The zero-order valence-electron chi connectivity index (χ0n) is 11.9. The Bertz CT molecular complexity index is 616. The van der Waals surface area contributed by atoms with Gasteiger partial charge < -0.3 is 9.88 Å². The molecule has 21 heavy (non-hydrogen) atoms. The van der Waals surface area contributed by atoms with Crippen molar-refractivity contribution in [1.82, 2.24) is 24.5 Å². The van der Waals surface area contributed by atoms with Crippen molar-refractivity contribution in [1.29, 1.82) is 0 Å². The molecule has 0 radical (unpaired) electrons. The molecule has 0 aromatic carbocycles. The minimum atomic E-state index is -0.0530. The zero-order valence-corrected chi connectivity index (χ0v) is 12.7. The van der Waals surface area contributed by atoms with Gasteiger partial charge in [0, 0.05) is 13.1 Å². The van der Waals surface area contributed by atoms with Gasteiger partial charge in [-0.2, -0.15) is 5.10 Å². The Kier molecular flexibility index (Phi) is 4.23. The van der Waals surface area contributed by atoms with E-state index >= 15 is 0 Å². The lowest BCUT2D eigenvalue weighted by molar-refractivity contribution is -0.113. The van der Waals surface area contributed by atoms with Gasteiger partial charge in [-0.25, -0.2) is 4.68 Å². The van der Waals surface area contributed by atoms with Gasteiger partial charge in [0.05, 0.1) is 18.0 Å². The molecule has 2 aromatic heterocycles. The van der Waals surface area contributed by atoms with Crippen molar-refractivity contribution in [3.63, 3.8) is 0 Å². The Morgan fingerprint density at radius 2 is 2.29 bits per heavy atom. The van der Waals surface area contributed by atoms with Gasteiger partial charge in [-0.05, 0) is 12.8 Å². The molecule has 7 nitrogen and oxygen atoms in total. The number of carbonyl (C=O) groups is 1. The molecule has 0 atom stereocenters. The maximum atomic E-state index is 12.1. The van der Waals surface area contributed by atoms with Crippen LogP contribution in [0.25, 0.3) is 0 Å². The molecule has 2 heterocycles. The quantitative estimate of drug-likeness (QED) is 0.853. The molecule has 0 bridgehead atoms. The van der Waals surface area contributed by atoms with E-state index in [1.165, 1.54) is 24.6 Å². The highest BCUT2D eigenvalue weighted by Crippen LogP contribution is 2.31. The first-order chi connectivity index (χ1) is 10.2. The minimum Gasteiger partial charge on any atom is -0.312 e. The number of nitrogens with one attached hydrogen (secondary N) is 1. The van der Waals surface area contributed by atoms with E-state index in [0.717, 1.165) is 23.8 Å². The average Bonchev–Trinajstić information content (AvgIpc) is 3.17. The highest BCUT2D eigenvalue weighted by molar-refractivity contribution is 7.99. The molecule has 1 aliphatic carbocycles. The number of aryl methyl sites for hydroxylation is 1. The van der Waals surface area contributed by atoms with Crippen LogP contribution in [0.5, 0.6) is 0 Å². The number of carbonyl (C=O) groups excluding carboxylic acids is 1. The summed E-state index contributed by atoms with van der Waals surface area (Å²) in [6, 6.07) is 2.27. The van der Waals surface area contributed by atoms with Crippen molar-refractivity contribution in [2.75, 3.05) is 11.1 Å². The van der Waals surface area contributed by atoms with Crippen molar-refractivity contribution in [3.05, 3.63) is 18.6 Å². The van der Waals surface area contributed by atoms with Crippen molar-refractivity contribution >= 4 is 23.5 Å². The standard InChI is InChI=1S/C13H18N6OS/c1-18-9-14-17-13(18)21-8-12(20)16-11-6-7-15-19(11)10-4-2-3-5-10/h6-7,9-10H,2-5,8H2,1H3,(H,16,20). The van der Waals surface area contributed by atoms with E-state index in [1.807, 2.05) is 17.8 Å². The lowest BCUT2D eigenvalue weighted by atomic mass is 10.2. The SMILES string of the molecule is Cn1cnnc1SCC(=O)Nc1ccnn1C1CCCC1. The third-order valence-electron chi connectivity index (χ3n) is 3.61. The Morgan fingerprint density at radius 1 is 1.48 bits per heavy atom. The summed E-state index contributed by atoms with van der Waals surface area (Å²) in [5, 5.41) is 15.7. The summed E-state index contributed by atoms with van der Waals surface area (Å²) in [5.41, 5.74) is 0. The van der Waals surface area contributed by atoms with Gasteiger partial charge in [-0.1, -0.05) is 24.6 Å². The molecule has 2 aromatic rings. The molecule has 1 amide bonds. The first-order valence-corrected chi connectivity index (χ1v) is 8.03.